The first kappa shape index (κ1) is 21.2. The number of nitrogens with zero attached hydrogens (tertiary/aromatic N) is 2. The van der Waals surface area contributed by atoms with Crippen LogP contribution in [0.15, 0.2) is 48.5 Å². The lowest BCUT2D eigenvalue weighted by molar-refractivity contribution is -0.153. The van der Waals surface area contributed by atoms with Gasteiger partial charge in [0.2, 0.25) is 5.91 Å². The number of anilines is 2. The van der Waals surface area contributed by atoms with Gasteiger partial charge in [0.05, 0.1) is 22.5 Å². The summed E-state index contributed by atoms with van der Waals surface area (Å²) in [4.78, 5) is 65.3. The van der Waals surface area contributed by atoms with Gasteiger partial charge in [0.25, 0.3) is 17.7 Å². The molecule has 0 bridgehead atoms. The van der Waals surface area contributed by atoms with Crippen LogP contribution < -0.4 is 10.2 Å². The highest BCUT2D eigenvalue weighted by Gasteiger charge is 2.45. The van der Waals surface area contributed by atoms with Gasteiger partial charge < -0.3 is 10.1 Å². The highest BCUT2D eigenvalue weighted by Crippen LogP contribution is 2.30. The van der Waals surface area contributed by atoms with E-state index in [-0.39, 0.29) is 23.6 Å². The molecule has 2 aromatic rings. The van der Waals surface area contributed by atoms with Crippen molar-refractivity contribution >= 4 is 41.0 Å². The number of fused-ring (bicyclic) bond motifs is 2. The average Bonchev–Trinajstić information content (AvgIpc) is 3.02. The maximum atomic E-state index is 12.9. The zero-order chi connectivity index (χ0) is 23.0. The van der Waals surface area contributed by atoms with E-state index in [9.17, 15) is 24.0 Å². The van der Waals surface area contributed by atoms with Crippen LogP contribution in [0.25, 0.3) is 0 Å². The molecule has 1 atom stereocenters. The highest BCUT2D eigenvalue weighted by atomic mass is 16.5. The molecule has 0 saturated carbocycles. The largest absolute Gasteiger partial charge is 0.454 e. The molecule has 4 rings (SSSR count). The normalized spacial score (nSPS) is 15.9. The second kappa shape index (κ2) is 8.26. The number of nitrogens with one attached hydrogen (secondary N) is 1. The summed E-state index contributed by atoms with van der Waals surface area (Å²) in [5, 5.41) is 2.68. The Kier molecular flexibility index (Phi) is 5.48. The number of benzene rings is 2. The van der Waals surface area contributed by atoms with Gasteiger partial charge in [-0.15, -0.1) is 0 Å². The van der Waals surface area contributed by atoms with E-state index in [2.05, 4.69) is 5.32 Å². The molecule has 32 heavy (non-hydrogen) atoms. The molecule has 4 amide bonds. The molecule has 0 spiro atoms. The Hall–Kier alpha value is -4.01. The fourth-order valence-electron chi connectivity index (χ4n) is 3.89. The first-order chi connectivity index (χ1) is 15.3. The zero-order valence-electron chi connectivity index (χ0n) is 17.5. The number of carbonyl (C=O) groups is 5. The van der Waals surface area contributed by atoms with Crippen molar-refractivity contribution in [3.05, 3.63) is 59.7 Å². The van der Waals surface area contributed by atoms with E-state index < -0.39 is 42.3 Å². The van der Waals surface area contributed by atoms with Crippen molar-refractivity contribution < 1.29 is 28.7 Å². The maximum absolute atomic E-state index is 12.9. The van der Waals surface area contributed by atoms with Crippen LogP contribution in [0, 0.1) is 5.92 Å². The molecule has 2 aromatic carbocycles. The average molecular weight is 435 g/mol. The molecule has 2 aliphatic heterocycles. The lowest BCUT2D eigenvalue weighted by Crippen LogP contribution is -2.50. The van der Waals surface area contributed by atoms with Crippen LogP contribution in [0.3, 0.4) is 0 Å². The third kappa shape index (κ3) is 3.62. The lowest BCUT2D eigenvalue weighted by atomic mass is 10.0. The number of amides is 4. The van der Waals surface area contributed by atoms with Crippen LogP contribution in [0.1, 0.15) is 34.6 Å². The minimum Gasteiger partial charge on any atom is -0.454 e. The molecule has 9 nitrogen and oxygen atoms in total. The molecule has 2 heterocycles. The van der Waals surface area contributed by atoms with E-state index in [1.54, 1.807) is 50.2 Å². The quantitative estimate of drug-likeness (QED) is 0.566. The van der Waals surface area contributed by atoms with Gasteiger partial charge in [-0.2, -0.15) is 0 Å². The van der Waals surface area contributed by atoms with Crippen molar-refractivity contribution in [2.45, 2.75) is 19.9 Å². The standard InChI is InChI=1S/C23H21N3O6/c1-13(2)20(26-21(29)14-7-3-4-8-15(14)22(26)30)23(31)32-12-19(28)25-11-18(27)24-16-9-5-6-10-17(16)25/h3-10,13,20H,11-12H2,1-2H3,(H,24,27)/t20-/m0/s1. The van der Waals surface area contributed by atoms with E-state index >= 15 is 0 Å². The van der Waals surface area contributed by atoms with Crippen LogP contribution in [-0.4, -0.2) is 53.7 Å². The SMILES string of the molecule is CC(C)[C@@H](C(=O)OCC(=O)N1CC(=O)Nc2ccccc21)N1C(=O)c2ccccc2C1=O. The predicted molar refractivity (Wildman–Crippen MR) is 114 cm³/mol. The Balaban J connectivity index is 1.49. The fourth-order valence-corrected chi connectivity index (χ4v) is 3.89. The van der Waals surface area contributed by atoms with Gasteiger partial charge in [0.1, 0.15) is 12.6 Å². The third-order valence-electron chi connectivity index (χ3n) is 5.39. The molecular weight excluding hydrogens is 414 g/mol. The monoisotopic (exact) mass is 435 g/mol. The van der Waals surface area contributed by atoms with Crippen molar-refractivity contribution in [2.75, 3.05) is 23.4 Å². The molecule has 164 valence electrons. The van der Waals surface area contributed by atoms with E-state index in [1.807, 2.05) is 0 Å². The molecule has 2 aliphatic rings. The van der Waals surface area contributed by atoms with Crippen LogP contribution in [-0.2, 0) is 19.1 Å². The summed E-state index contributed by atoms with van der Waals surface area (Å²) in [6.45, 7) is 2.53. The number of ether oxygens (including phenoxy) is 1. The van der Waals surface area contributed by atoms with Crippen molar-refractivity contribution in [1.29, 1.82) is 0 Å². The molecule has 0 fully saturated rings. The lowest BCUT2D eigenvalue weighted by Gasteiger charge is -2.30. The molecule has 0 aliphatic carbocycles. The van der Waals surface area contributed by atoms with Crippen LogP contribution >= 0.6 is 0 Å². The van der Waals surface area contributed by atoms with Gasteiger partial charge in [0.15, 0.2) is 6.61 Å². The maximum Gasteiger partial charge on any atom is 0.330 e. The number of para-hydroxylation sites is 2. The van der Waals surface area contributed by atoms with E-state index in [4.69, 9.17) is 4.74 Å². The van der Waals surface area contributed by atoms with E-state index in [0.717, 1.165) is 4.90 Å². The topological polar surface area (TPSA) is 113 Å². The summed E-state index contributed by atoms with van der Waals surface area (Å²) >= 11 is 0. The van der Waals surface area contributed by atoms with Gasteiger partial charge in [-0.1, -0.05) is 38.1 Å². The number of hydrogen-bond acceptors (Lipinski definition) is 6. The molecular formula is C23H21N3O6. The summed E-state index contributed by atoms with van der Waals surface area (Å²) in [7, 11) is 0. The van der Waals surface area contributed by atoms with Crippen molar-refractivity contribution in [2.24, 2.45) is 5.92 Å². The molecule has 0 unspecified atom stereocenters. The summed E-state index contributed by atoms with van der Waals surface area (Å²) in [6, 6.07) is 11.9. The van der Waals surface area contributed by atoms with Gasteiger partial charge in [-0.05, 0) is 30.2 Å². The molecule has 0 aromatic heterocycles. The summed E-state index contributed by atoms with van der Waals surface area (Å²) < 4.78 is 5.23. The first-order valence-electron chi connectivity index (χ1n) is 10.1. The van der Waals surface area contributed by atoms with Crippen molar-refractivity contribution in [3.63, 3.8) is 0 Å². The number of esters is 1. The zero-order valence-corrected chi connectivity index (χ0v) is 17.5. The number of rotatable bonds is 5. The minimum atomic E-state index is -1.19. The smallest absolute Gasteiger partial charge is 0.330 e. The number of hydrogen-bond donors (Lipinski definition) is 1. The predicted octanol–water partition coefficient (Wildman–Crippen LogP) is 1.84. The van der Waals surface area contributed by atoms with Crippen molar-refractivity contribution in [1.82, 2.24) is 4.90 Å². The van der Waals surface area contributed by atoms with Crippen molar-refractivity contribution in [3.8, 4) is 0 Å². The summed E-state index contributed by atoms with van der Waals surface area (Å²) in [5.41, 5.74) is 1.43. The van der Waals surface area contributed by atoms with Crippen LogP contribution in [0.5, 0.6) is 0 Å². The number of carbonyl (C=O) groups excluding carboxylic acids is 5. The summed E-state index contributed by atoms with van der Waals surface area (Å²) in [5.74, 6) is -3.41. The van der Waals surface area contributed by atoms with Crippen LogP contribution in [0.4, 0.5) is 11.4 Å². The van der Waals surface area contributed by atoms with Crippen LogP contribution in [0.2, 0.25) is 0 Å². The molecule has 0 radical (unpaired) electrons. The minimum absolute atomic E-state index is 0.209. The fraction of sp³-hybridized carbons (Fsp3) is 0.261. The van der Waals surface area contributed by atoms with Gasteiger partial charge >= 0.3 is 5.97 Å². The summed E-state index contributed by atoms with van der Waals surface area (Å²) in [6.07, 6.45) is 0. The Bertz CT molecular complexity index is 1110. The second-order valence-electron chi connectivity index (χ2n) is 7.87. The van der Waals surface area contributed by atoms with E-state index in [1.165, 1.54) is 17.0 Å². The Morgan fingerprint density at radius 3 is 2.19 bits per heavy atom. The van der Waals surface area contributed by atoms with E-state index in [0.29, 0.717) is 11.4 Å². The second-order valence-corrected chi connectivity index (χ2v) is 7.87. The molecule has 1 N–H and O–H groups in total. The third-order valence-corrected chi connectivity index (χ3v) is 5.39. The Labute approximate surface area is 183 Å². The Morgan fingerprint density at radius 1 is 0.969 bits per heavy atom. The Morgan fingerprint density at radius 2 is 1.56 bits per heavy atom. The van der Waals surface area contributed by atoms with Gasteiger partial charge in [-0.3, -0.25) is 29.0 Å². The molecule has 9 heteroatoms. The van der Waals surface area contributed by atoms with Gasteiger partial charge in [0, 0.05) is 0 Å². The van der Waals surface area contributed by atoms with Gasteiger partial charge in [-0.25, -0.2) is 4.79 Å². The molecule has 0 saturated heterocycles. The first-order valence-corrected chi connectivity index (χ1v) is 10.1. The number of imide groups is 1. The highest BCUT2D eigenvalue weighted by molar-refractivity contribution is 6.22.